The predicted molar refractivity (Wildman–Crippen MR) is 158 cm³/mol. The van der Waals surface area contributed by atoms with Crippen molar-refractivity contribution in [2.24, 2.45) is 0 Å². The van der Waals surface area contributed by atoms with E-state index in [2.05, 4.69) is 19.2 Å². The van der Waals surface area contributed by atoms with Crippen molar-refractivity contribution >= 4 is 27.5 Å². The number of hydrogen-bond donors (Lipinski definition) is 1. The number of nitrogens with zero attached hydrogens (tertiary/aromatic N) is 2. The molecular formula is C31H39N3O5S. The summed E-state index contributed by atoms with van der Waals surface area (Å²) >= 11 is 0. The number of nitrogens with one attached hydrogen (secondary N) is 1. The molecule has 0 saturated heterocycles. The standard InChI is InChI=1S/C31H39N3O5S/c1-7-29(31(36)32-5)33(20-24-10-16-27(39-6)17-11-24)30(35)21-34(26-14-12-25(13-15-26)22(2)3)40(37,38)28-18-8-23(4)9-19-28/h8-19,22,29H,7,20-21H2,1-6H3,(H,32,36)/t29-/m1/s1. The van der Waals surface area contributed by atoms with E-state index in [0.717, 1.165) is 21.0 Å². The number of sulfonamides is 1. The number of methoxy groups -OCH3 is 1. The number of hydrogen-bond acceptors (Lipinski definition) is 5. The van der Waals surface area contributed by atoms with Gasteiger partial charge in [0.1, 0.15) is 18.3 Å². The van der Waals surface area contributed by atoms with Crippen LogP contribution in [0.2, 0.25) is 0 Å². The predicted octanol–water partition coefficient (Wildman–Crippen LogP) is 4.88. The van der Waals surface area contributed by atoms with Gasteiger partial charge in [0.15, 0.2) is 0 Å². The number of rotatable bonds is 12. The molecule has 214 valence electrons. The van der Waals surface area contributed by atoms with E-state index in [4.69, 9.17) is 4.74 Å². The highest BCUT2D eigenvalue weighted by Gasteiger charge is 2.33. The van der Waals surface area contributed by atoms with E-state index in [1.807, 2.05) is 38.1 Å². The lowest BCUT2D eigenvalue weighted by molar-refractivity contribution is -0.140. The van der Waals surface area contributed by atoms with E-state index in [1.165, 1.54) is 11.9 Å². The van der Waals surface area contributed by atoms with Gasteiger partial charge in [0.25, 0.3) is 10.0 Å². The molecule has 3 aromatic rings. The molecule has 0 aliphatic rings. The molecule has 3 rings (SSSR count). The summed E-state index contributed by atoms with van der Waals surface area (Å²) in [6.45, 7) is 7.46. The Labute approximate surface area is 238 Å². The maximum Gasteiger partial charge on any atom is 0.264 e. The number of carbonyl (C=O) groups is 2. The van der Waals surface area contributed by atoms with Crippen molar-refractivity contribution in [3.05, 3.63) is 89.5 Å². The fraction of sp³-hybridized carbons (Fsp3) is 0.355. The van der Waals surface area contributed by atoms with Crippen LogP contribution >= 0.6 is 0 Å². The first-order valence-corrected chi connectivity index (χ1v) is 14.8. The lowest BCUT2D eigenvalue weighted by Crippen LogP contribution is -2.51. The average molecular weight is 566 g/mol. The van der Waals surface area contributed by atoms with Gasteiger partial charge in [-0.15, -0.1) is 0 Å². The highest BCUT2D eigenvalue weighted by Crippen LogP contribution is 2.27. The van der Waals surface area contributed by atoms with Gasteiger partial charge in [0.05, 0.1) is 17.7 Å². The van der Waals surface area contributed by atoms with Crippen LogP contribution in [0.1, 0.15) is 49.8 Å². The Morgan fingerprint density at radius 2 is 1.52 bits per heavy atom. The number of anilines is 1. The first-order chi connectivity index (χ1) is 19.0. The van der Waals surface area contributed by atoms with Gasteiger partial charge in [-0.05, 0) is 66.8 Å². The molecule has 8 nitrogen and oxygen atoms in total. The molecular weight excluding hydrogens is 526 g/mol. The third kappa shape index (κ3) is 7.21. The van der Waals surface area contributed by atoms with Gasteiger partial charge in [-0.3, -0.25) is 13.9 Å². The number of aryl methyl sites for hydroxylation is 1. The summed E-state index contributed by atoms with van der Waals surface area (Å²) in [4.78, 5) is 28.4. The maximum atomic E-state index is 14.0. The number of benzene rings is 3. The average Bonchev–Trinajstić information content (AvgIpc) is 2.96. The summed E-state index contributed by atoms with van der Waals surface area (Å²) in [6, 6.07) is 20.1. The van der Waals surface area contributed by atoms with Gasteiger partial charge in [0, 0.05) is 13.6 Å². The zero-order valence-corrected chi connectivity index (χ0v) is 24.9. The lowest BCUT2D eigenvalue weighted by Gasteiger charge is -2.33. The molecule has 0 radical (unpaired) electrons. The second-order valence-corrected chi connectivity index (χ2v) is 11.8. The second-order valence-electron chi connectivity index (χ2n) is 9.98. The van der Waals surface area contributed by atoms with Crippen LogP contribution in [0.4, 0.5) is 5.69 Å². The summed E-state index contributed by atoms with van der Waals surface area (Å²) < 4.78 is 34.2. The van der Waals surface area contributed by atoms with E-state index in [0.29, 0.717) is 17.9 Å². The second kappa shape index (κ2) is 13.5. The third-order valence-electron chi connectivity index (χ3n) is 6.88. The Morgan fingerprint density at radius 1 is 0.925 bits per heavy atom. The Hall–Kier alpha value is -3.85. The van der Waals surface area contributed by atoms with Gasteiger partial charge >= 0.3 is 0 Å². The molecule has 3 aromatic carbocycles. The molecule has 0 aromatic heterocycles. The summed E-state index contributed by atoms with van der Waals surface area (Å²) in [6.07, 6.45) is 0.357. The first-order valence-electron chi connectivity index (χ1n) is 13.3. The molecule has 2 amide bonds. The van der Waals surface area contributed by atoms with Crippen LogP contribution in [-0.4, -0.2) is 51.9 Å². The van der Waals surface area contributed by atoms with Crippen LogP contribution in [0.25, 0.3) is 0 Å². The van der Waals surface area contributed by atoms with Gasteiger partial charge in [-0.2, -0.15) is 0 Å². The number of likely N-dealkylation sites (N-methyl/N-ethyl adjacent to an activating group) is 1. The summed E-state index contributed by atoms with van der Waals surface area (Å²) in [5.41, 5.74) is 3.13. The molecule has 0 bridgehead atoms. The van der Waals surface area contributed by atoms with Crippen molar-refractivity contribution in [2.45, 2.75) is 57.5 Å². The van der Waals surface area contributed by atoms with Crippen LogP contribution in [0, 0.1) is 6.92 Å². The van der Waals surface area contributed by atoms with Crippen molar-refractivity contribution < 1.29 is 22.7 Å². The van der Waals surface area contributed by atoms with Gasteiger partial charge in [-0.1, -0.05) is 62.7 Å². The quantitative estimate of drug-likeness (QED) is 0.338. The maximum absolute atomic E-state index is 14.0. The SMILES string of the molecule is CC[C@H](C(=O)NC)N(Cc1ccc(OC)cc1)C(=O)CN(c1ccc(C(C)C)cc1)S(=O)(=O)c1ccc(C)cc1. The molecule has 40 heavy (non-hydrogen) atoms. The summed E-state index contributed by atoms with van der Waals surface area (Å²) in [7, 11) is -1.01. The largest absolute Gasteiger partial charge is 0.497 e. The molecule has 0 unspecified atom stereocenters. The van der Waals surface area contributed by atoms with Crippen molar-refractivity contribution in [1.29, 1.82) is 0 Å². The minimum atomic E-state index is -4.10. The molecule has 0 saturated carbocycles. The normalized spacial score (nSPS) is 12.1. The molecule has 0 spiro atoms. The fourth-order valence-electron chi connectivity index (χ4n) is 4.41. The zero-order chi connectivity index (χ0) is 29.4. The van der Waals surface area contributed by atoms with Crippen LogP contribution in [0.5, 0.6) is 5.75 Å². The van der Waals surface area contributed by atoms with Crippen molar-refractivity contribution in [2.75, 3.05) is 25.0 Å². The van der Waals surface area contributed by atoms with Crippen molar-refractivity contribution in [1.82, 2.24) is 10.2 Å². The Kier molecular flexibility index (Phi) is 10.3. The Balaban J connectivity index is 2.06. The van der Waals surface area contributed by atoms with Crippen molar-refractivity contribution in [3.63, 3.8) is 0 Å². The Morgan fingerprint density at radius 3 is 2.02 bits per heavy atom. The molecule has 1 atom stereocenters. The topological polar surface area (TPSA) is 96.0 Å². The van der Waals surface area contributed by atoms with Gasteiger partial charge in [0.2, 0.25) is 11.8 Å². The fourth-order valence-corrected chi connectivity index (χ4v) is 5.82. The molecule has 0 fully saturated rings. The third-order valence-corrected chi connectivity index (χ3v) is 8.67. The van der Waals surface area contributed by atoms with Gasteiger partial charge in [-0.25, -0.2) is 8.42 Å². The molecule has 1 N–H and O–H groups in total. The minimum absolute atomic E-state index is 0.0823. The zero-order valence-electron chi connectivity index (χ0n) is 24.0. The van der Waals surface area contributed by atoms with E-state index in [1.54, 1.807) is 55.6 Å². The molecule has 9 heteroatoms. The van der Waals surface area contributed by atoms with E-state index in [9.17, 15) is 18.0 Å². The van der Waals surface area contributed by atoms with E-state index in [-0.39, 0.29) is 23.3 Å². The molecule has 0 aliphatic heterocycles. The summed E-state index contributed by atoms with van der Waals surface area (Å²) in [5, 5.41) is 2.63. The van der Waals surface area contributed by atoms with E-state index < -0.39 is 28.5 Å². The molecule has 0 heterocycles. The van der Waals surface area contributed by atoms with Crippen molar-refractivity contribution in [3.8, 4) is 5.75 Å². The van der Waals surface area contributed by atoms with Crippen LogP contribution in [-0.2, 0) is 26.2 Å². The van der Waals surface area contributed by atoms with Crippen LogP contribution in [0.3, 0.4) is 0 Å². The monoisotopic (exact) mass is 565 g/mol. The first kappa shape index (κ1) is 30.7. The summed E-state index contributed by atoms with van der Waals surface area (Å²) in [5.74, 6) is 0.115. The minimum Gasteiger partial charge on any atom is -0.497 e. The van der Waals surface area contributed by atoms with E-state index >= 15 is 0 Å². The Bertz CT molecular complexity index is 1390. The number of amides is 2. The van der Waals surface area contributed by atoms with Crippen LogP contribution < -0.4 is 14.4 Å². The highest BCUT2D eigenvalue weighted by atomic mass is 32.2. The lowest BCUT2D eigenvalue weighted by atomic mass is 10.0. The van der Waals surface area contributed by atoms with Gasteiger partial charge < -0.3 is 15.0 Å². The number of ether oxygens (including phenoxy) is 1. The highest BCUT2D eigenvalue weighted by molar-refractivity contribution is 7.92. The smallest absolute Gasteiger partial charge is 0.264 e. The van der Waals surface area contributed by atoms with Crippen LogP contribution in [0.15, 0.2) is 77.7 Å². The number of carbonyl (C=O) groups excluding carboxylic acids is 2. The molecule has 0 aliphatic carbocycles.